The van der Waals surface area contributed by atoms with E-state index in [1.807, 2.05) is 0 Å². The van der Waals surface area contributed by atoms with E-state index in [9.17, 15) is 9.59 Å². The molecule has 0 radical (unpaired) electrons. The Morgan fingerprint density at radius 3 is 2.32 bits per heavy atom. The highest BCUT2D eigenvalue weighted by Crippen LogP contribution is 2.14. The lowest BCUT2D eigenvalue weighted by Crippen LogP contribution is -2.48. The summed E-state index contributed by atoms with van der Waals surface area (Å²) in [5.74, 6) is 0. The zero-order valence-electron chi connectivity index (χ0n) is 10.4. The number of nitrogens with zero attached hydrogens (tertiary/aromatic N) is 1. The van der Waals surface area contributed by atoms with Gasteiger partial charge in [0.25, 0.3) is 0 Å². The fraction of sp³-hybridized carbons (Fsp3) is 0.182. The van der Waals surface area contributed by atoms with Gasteiger partial charge in [-0.15, -0.1) is 0 Å². The van der Waals surface area contributed by atoms with Gasteiger partial charge in [0.2, 0.25) is 0 Å². The molecule has 3 N–H and O–H groups in total. The maximum absolute atomic E-state index is 11.9. The molecule has 102 valence electrons. The molecule has 8 heteroatoms. The second-order valence-corrected chi connectivity index (χ2v) is 3.77. The Balaban J connectivity index is 2.85. The number of amidine groups is 1. The smallest absolute Gasteiger partial charge is 0.338 e. The summed E-state index contributed by atoms with van der Waals surface area (Å²) >= 11 is 5.72. The maximum Gasteiger partial charge on any atom is 0.338 e. The summed E-state index contributed by atoms with van der Waals surface area (Å²) < 4.78 is 4.58. The molecule has 0 saturated carbocycles. The van der Waals surface area contributed by atoms with Crippen LogP contribution in [-0.4, -0.2) is 37.1 Å². The van der Waals surface area contributed by atoms with E-state index in [-0.39, 0.29) is 0 Å². The number of carbonyl (C=O) groups is 2. The molecule has 0 aromatic heterocycles. The number of imide groups is 1. The van der Waals surface area contributed by atoms with E-state index in [0.717, 1.165) is 0 Å². The Hall–Kier alpha value is -2.28. The first-order valence-electron chi connectivity index (χ1n) is 5.20. The summed E-state index contributed by atoms with van der Waals surface area (Å²) in [5.41, 5.74) is 0.437. The van der Waals surface area contributed by atoms with E-state index in [4.69, 9.17) is 17.0 Å². The standard InChI is InChI=1S/C11H13ClN4O3/c1-14-10(17)16(9(13)19-2)11(18)15-8-5-3-7(12)4-6-8/h3-6,13H,1-2H3,(H,14,17)(H,15,18). The first-order chi connectivity index (χ1) is 8.99. The zero-order chi connectivity index (χ0) is 14.4. The minimum absolute atomic E-state index is 0.437. The van der Waals surface area contributed by atoms with Crippen LogP contribution in [0.2, 0.25) is 5.02 Å². The lowest BCUT2D eigenvalue weighted by atomic mass is 10.3. The van der Waals surface area contributed by atoms with Crippen molar-refractivity contribution in [2.45, 2.75) is 0 Å². The van der Waals surface area contributed by atoms with Crippen LogP contribution in [0.3, 0.4) is 0 Å². The Kier molecular flexibility index (Phi) is 5.13. The fourth-order valence-electron chi connectivity index (χ4n) is 1.19. The third-order valence-corrected chi connectivity index (χ3v) is 2.36. The quantitative estimate of drug-likeness (QED) is 0.544. The number of methoxy groups -OCH3 is 1. The first kappa shape index (κ1) is 14.8. The van der Waals surface area contributed by atoms with Crippen LogP contribution < -0.4 is 10.6 Å². The number of hydrogen-bond acceptors (Lipinski definition) is 4. The molecule has 0 fully saturated rings. The van der Waals surface area contributed by atoms with Crippen molar-refractivity contribution in [2.24, 2.45) is 0 Å². The minimum Gasteiger partial charge on any atom is -0.468 e. The van der Waals surface area contributed by atoms with Gasteiger partial charge in [0.05, 0.1) is 7.11 Å². The second-order valence-electron chi connectivity index (χ2n) is 3.34. The minimum atomic E-state index is -0.812. The third kappa shape index (κ3) is 3.85. The molecule has 1 aromatic carbocycles. The van der Waals surface area contributed by atoms with Gasteiger partial charge in [-0.1, -0.05) is 11.6 Å². The van der Waals surface area contributed by atoms with Crippen LogP contribution in [0.1, 0.15) is 0 Å². The normalized spacial score (nSPS) is 9.42. The topological polar surface area (TPSA) is 94.5 Å². The summed E-state index contributed by atoms with van der Waals surface area (Å²) in [6.45, 7) is 0. The average Bonchev–Trinajstić information content (AvgIpc) is 2.41. The van der Waals surface area contributed by atoms with E-state index < -0.39 is 18.1 Å². The van der Waals surface area contributed by atoms with Crippen LogP contribution in [-0.2, 0) is 4.74 Å². The van der Waals surface area contributed by atoms with Gasteiger partial charge in [0.1, 0.15) is 0 Å². The van der Waals surface area contributed by atoms with Crippen LogP contribution in [0.25, 0.3) is 0 Å². The van der Waals surface area contributed by atoms with Gasteiger partial charge in [-0.3, -0.25) is 5.41 Å². The van der Waals surface area contributed by atoms with Crippen molar-refractivity contribution in [2.75, 3.05) is 19.5 Å². The lowest BCUT2D eigenvalue weighted by Gasteiger charge is -2.19. The summed E-state index contributed by atoms with van der Waals surface area (Å²) in [7, 11) is 2.53. The molecule has 0 heterocycles. The van der Waals surface area contributed by atoms with Crippen molar-refractivity contribution < 1.29 is 14.3 Å². The SMILES string of the molecule is CNC(=O)N(C(=N)OC)C(=O)Nc1ccc(Cl)cc1. The van der Waals surface area contributed by atoms with Gasteiger partial charge in [0.15, 0.2) is 0 Å². The number of anilines is 1. The Morgan fingerprint density at radius 2 is 1.84 bits per heavy atom. The lowest BCUT2D eigenvalue weighted by molar-refractivity contribution is 0.203. The van der Waals surface area contributed by atoms with Crippen LogP contribution in [0.15, 0.2) is 24.3 Å². The third-order valence-electron chi connectivity index (χ3n) is 2.11. The molecule has 0 saturated heterocycles. The summed E-state index contributed by atoms with van der Waals surface area (Å²) in [6.07, 6.45) is 0. The number of urea groups is 2. The predicted molar refractivity (Wildman–Crippen MR) is 71.5 cm³/mol. The molecule has 0 bridgehead atoms. The molecule has 0 unspecified atom stereocenters. The zero-order valence-corrected chi connectivity index (χ0v) is 11.1. The van der Waals surface area contributed by atoms with Crippen molar-refractivity contribution >= 4 is 35.4 Å². The van der Waals surface area contributed by atoms with Crippen molar-refractivity contribution in [3.05, 3.63) is 29.3 Å². The fourth-order valence-corrected chi connectivity index (χ4v) is 1.32. The molecule has 0 aliphatic heterocycles. The number of ether oxygens (including phenoxy) is 1. The average molecular weight is 285 g/mol. The molecule has 19 heavy (non-hydrogen) atoms. The van der Waals surface area contributed by atoms with Gasteiger partial charge in [-0.25, -0.2) is 9.59 Å². The van der Waals surface area contributed by atoms with Crippen molar-refractivity contribution in [1.29, 1.82) is 5.41 Å². The number of hydrogen-bond donors (Lipinski definition) is 3. The molecule has 4 amide bonds. The Bertz CT molecular complexity index is 473. The number of halogens is 1. The van der Waals surface area contributed by atoms with Crippen LogP contribution >= 0.6 is 11.6 Å². The Labute approximate surface area is 115 Å². The van der Waals surface area contributed by atoms with Crippen molar-refractivity contribution in [3.63, 3.8) is 0 Å². The van der Waals surface area contributed by atoms with Crippen LogP contribution in [0.5, 0.6) is 0 Å². The van der Waals surface area contributed by atoms with Crippen LogP contribution in [0, 0.1) is 5.41 Å². The molecule has 1 rings (SSSR count). The number of rotatable bonds is 1. The van der Waals surface area contributed by atoms with E-state index in [1.165, 1.54) is 14.2 Å². The predicted octanol–water partition coefficient (Wildman–Crippen LogP) is 2.09. The molecular weight excluding hydrogens is 272 g/mol. The number of nitrogens with one attached hydrogen (secondary N) is 3. The molecule has 0 aliphatic carbocycles. The first-order valence-corrected chi connectivity index (χ1v) is 5.58. The molecule has 1 aromatic rings. The monoisotopic (exact) mass is 284 g/mol. The molecule has 0 atom stereocenters. The maximum atomic E-state index is 11.9. The summed E-state index contributed by atoms with van der Waals surface area (Å²) in [5, 5.41) is 12.6. The van der Waals surface area contributed by atoms with E-state index in [1.54, 1.807) is 24.3 Å². The van der Waals surface area contributed by atoms with Gasteiger partial charge in [-0.05, 0) is 24.3 Å². The molecule has 0 aliphatic rings. The van der Waals surface area contributed by atoms with E-state index in [2.05, 4.69) is 15.4 Å². The van der Waals surface area contributed by atoms with E-state index >= 15 is 0 Å². The van der Waals surface area contributed by atoms with Gasteiger partial charge in [0, 0.05) is 17.8 Å². The van der Waals surface area contributed by atoms with E-state index in [0.29, 0.717) is 15.6 Å². The number of amides is 4. The van der Waals surface area contributed by atoms with Gasteiger partial charge < -0.3 is 15.4 Å². The number of benzene rings is 1. The molecule has 0 spiro atoms. The highest BCUT2D eigenvalue weighted by molar-refractivity contribution is 6.30. The highest BCUT2D eigenvalue weighted by Gasteiger charge is 2.26. The molecular formula is C11H13ClN4O3. The Morgan fingerprint density at radius 1 is 1.26 bits per heavy atom. The van der Waals surface area contributed by atoms with Crippen LogP contribution in [0.4, 0.5) is 15.3 Å². The molecule has 7 nitrogen and oxygen atoms in total. The number of carbonyl (C=O) groups excluding carboxylic acids is 2. The largest absolute Gasteiger partial charge is 0.468 e. The second kappa shape index (κ2) is 6.60. The van der Waals surface area contributed by atoms with Crippen molar-refractivity contribution in [3.8, 4) is 0 Å². The van der Waals surface area contributed by atoms with Gasteiger partial charge in [-0.2, -0.15) is 4.90 Å². The van der Waals surface area contributed by atoms with Crippen molar-refractivity contribution in [1.82, 2.24) is 10.2 Å². The summed E-state index contributed by atoms with van der Waals surface area (Å²) in [6, 6.07) is 4.13. The van der Waals surface area contributed by atoms with Gasteiger partial charge >= 0.3 is 18.1 Å². The highest BCUT2D eigenvalue weighted by atomic mass is 35.5. The summed E-state index contributed by atoms with van der Waals surface area (Å²) in [4.78, 5) is 23.9.